The van der Waals surface area contributed by atoms with Crippen LogP contribution in [0.5, 0.6) is 0 Å². The molecule has 1 atom stereocenters. The van der Waals surface area contributed by atoms with E-state index in [4.69, 9.17) is 4.74 Å². The average molecular weight is 422 g/mol. The van der Waals surface area contributed by atoms with Crippen molar-refractivity contribution in [2.45, 2.75) is 57.4 Å². The van der Waals surface area contributed by atoms with Gasteiger partial charge in [-0.25, -0.2) is 9.59 Å². The Morgan fingerprint density at radius 2 is 1.65 bits per heavy atom. The molecule has 0 aromatic heterocycles. The van der Waals surface area contributed by atoms with E-state index >= 15 is 0 Å². The van der Waals surface area contributed by atoms with Gasteiger partial charge in [0, 0.05) is 5.92 Å². The van der Waals surface area contributed by atoms with E-state index in [-0.39, 0.29) is 12.5 Å². The van der Waals surface area contributed by atoms with E-state index in [9.17, 15) is 14.7 Å². The van der Waals surface area contributed by atoms with Crippen LogP contribution in [0.4, 0.5) is 4.79 Å². The number of fused-ring (bicyclic) bond motifs is 3. The molecule has 0 heterocycles. The van der Waals surface area contributed by atoms with Gasteiger partial charge in [0.05, 0.1) is 0 Å². The molecule has 31 heavy (non-hydrogen) atoms. The second-order valence-electron chi connectivity index (χ2n) is 8.21. The van der Waals surface area contributed by atoms with Gasteiger partial charge >= 0.3 is 12.1 Å². The maximum atomic E-state index is 12.5. The van der Waals surface area contributed by atoms with Gasteiger partial charge in [0.15, 0.2) is 5.54 Å². The number of allylic oxidation sites excluding steroid dienone is 1. The summed E-state index contributed by atoms with van der Waals surface area (Å²) in [6, 6.07) is 16.2. The second-order valence-corrected chi connectivity index (χ2v) is 8.21. The molecule has 2 N–H and O–H groups in total. The first-order valence-electron chi connectivity index (χ1n) is 11.0. The van der Waals surface area contributed by atoms with E-state index in [0.29, 0.717) is 0 Å². The fourth-order valence-electron chi connectivity index (χ4n) is 4.02. The number of aliphatic carboxylic acids is 1. The number of unbranched alkanes of at least 4 members (excludes halogenated alkanes) is 4. The molecule has 3 rings (SSSR count). The Hall–Kier alpha value is -3.08. The van der Waals surface area contributed by atoms with Crippen LogP contribution in [0.25, 0.3) is 11.1 Å². The maximum absolute atomic E-state index is 12.5. The predicted octanol–water partition coefficient (Wildman–Crippen LogP) is 5.90. The van der Waals surface area contributed by atoms with Gasteiger partial charge < -0.3 is 15.2 Å². The van der Waals surface area contributed by atoms with E-state index in [1.807, 2.05) is 42.5 Å². The van der Waals surface area contributed by atoms with Crippen molar-refractivity contribution in [1.82, 2.24) is 5.32 Å². The van der Waals surface area contributed by atoms with Gasteiger partial charge in [-0.1, -0.05) is 86.9 Å². The molecule has 0 aliphatic heterocycles. The second kappa shape index (κ2) is 10.3. The summed E-state index contributed by atoms with van der Waals surface area (Å²) in [7, 11) is 0. The number of hydrogen-bond donors (Lipinski definition) is 2. The first-order chi connectivity index (χ1) is 15.0. The van der Waals surface area contributed by atoms with Crippen molar-refractivity contribution in [1.29, 1.82) is 0 Å². The third-order valence-corrected chi connectivity index (χ3v) is 5.83. The number of alkyl carbamates (subject to hydrolysis) is 1. The van der Waals surface area contributed by atoms with Crippen LogP contribution in [-0.4, -0.2) is 29.3 Å². The number of hydrogen-bond acceptors (Lipinski definition) is 3. The van der Waals surface area contributed by atoms with Crippen LogP contribution in [0, 0.1) is 0 Å². The number of carbonyl (C=O) groups is 2. The summed E-state index contributed by atoms with van der Waals surface area (Å²) in [5.41, 5.74) is 3.02. The summed E-state index contributed by atoms with van der Waals surface area (Å²) < 4.78 is 5.50. The lowest BCUT2D eigenvalue weighted by Crippen LogP contribution is -2.51. The van der Waals surface area contributed by atoms with E-state index in [2.05, 4.69) is 24.4 Å². The molecule has 2 aromatic rings. The zero-order valence-corrected chi connectivity index (χ0v) is 18.3. The number of carbonyl (C=O) groups excluding carboxylic acids is 1. The molecule has 5 heteroatoms. The predicted molar refractivity (Wildman–Crippen MR) is 122 cm³/mol. The fraction of sp³-hybridized carbons (Fsp3) is 0.385. The summed E-state index contributed by atoms with van der Waals surface area (Å²) in [4.78, 5) is 24.3. The molecule has 0 spiro atoms. The lowest BCUT2D eigenvalue weighted by molar-refractivity contribution is -0.141. The van der Waals surface area contributed by atoms with Crippen molar-refractivity contribution in [2.24, 2.45) is 0 Å². The lowest BCUT2D eigenvalue weighted by Gasteiger charge is -2.23. The Balaban J connectivity index is 1.62. The monoisotopic (exact) mass is 421 g/mol. The summed E-state index contributed by atoms with van der Waals surface area (Å²) in [6.07, 6.45) is 7.87. The first kappa shape index (κ1) is 22.6. The minimum absolute atomic E-state index is 0.0664. The van der Waals surface area contributed by atoms with Crippen LogP contribution >= 0.6 is 0 Å². The maximum Gasteiger partial charge on any atom is 0.408 e. The highest BCUT2D eigenvalue weighted by molar-refractivity contribution is 5.86. The highest BCUT2D eigenvalue weighted by atomic mass is 16.5. The van der Waals surface area contributed by atoms with Crippen LogP contribution in [0.3, 0.4) is 0 Å². The summed E-state index contributed by atoms with van der Waals surface area (Å²) in [5.74, 6) is -1.19. The van der Waals surface area contributed by atoms with Gasteiger partial charge in [-0.15, -0.1) is 0 Å². The molecule has 0 saturated carbocycles. The molecule has 0 radical (unpaired) electrons. The number of carboxylic acid groups (broad SMARTS) is 1. The molecular weight excluding hydrogens is 390 g/mol. The third kappa shape index (κ3) is 5.35. The first-order valence-corrected chi connectivity index (χ1v) is 11.0. The number of nitrogens with one attached hydrogen (secondary N) is 1. The van der Waals surface area contributed by atoms with Crippen molar-refractivity contribution in [3.8, 4) is 11.1 Å². The quantitative estimate of drug-likeness (QED) is 0.370. The Bertz CT molecular complexity index is 906. The van der Waals surface area contributed by atoms with Gasteiger partial charge in [0.25, 0.3) is 0 Å². The standard InChI is InChI=1S/C26H31NO4/c1-3-4-5-6-7-12-17-26(2,24(28)29)27-25(30)31-18-23-21-15-10-8-13-19(21)20-14-9-11-16-22(20)23/h8-17,23H,3-7,18H2,1-2H3,(H,27,30)(H,28,29)/t26-/m0/s1. The highest BCUT2D eigenvalue weighted by Gasteiger charge is 2.34. The van der Waals surface area contributed by atoms with E-state index in [1.54, 1.807) is 6.08 Å². The molecule has 5 nitrogen and oxygen atoms in total. The molecule has 0 bridgehead atoms. The summed E-state index contributed by atoms with van der Waals surface area (Å²) in [5, 5.41) is 12.2. The van der Waals surface area contributed by atoms with Crippen LogP contribution in [0.15, 0.2) is 60.7 Å². The van der Waals surface area contributed by atoms with Gasteiger partial charge in [-0.05, 0) is 42.0 Å². The van der Waals surface area contributed by atoms with Crippen molar-refractivity contribution in [2.75, 3.05) is 6.61 Å². The Kier molecular flexibility index (Phi) is 7.50. The van der Waals surface area contributed by atoms with Crippen molar-refractivity contribution in [3.63, 3.8) is 0 Å². The molecule has 164 valence electrons. The smallest absolute Gasteiger partial charge is 0.408 e. The fourth-order valence-corrected chi connectivity index (χ4v) is 4.02. The summed E-state index contributed by atoms with van der Waals surface area (Å²) >= 11 is 0. The number of amides is 1. The van der Waals surface area contributed by atoms with E-state index < -0.39 is 17.6 Å². The van der Waals surface area contributed by atoms with Gasteiger partial charge in [-0.2, -0.15) is 0 Å². The Morgan fingerprint density at radius 1 is 1.03 bits per heavy atom. The number of rotatable bonds is 10. The van der Waals surface area contributed by atoms with Gasteiger partial charge in [0.2, 0.25) is 0 Å². The molecule has 1 amide bonds. The lowest BCUT2D eigenvalue weighted by atomic mass is 9.98. The zero-order valence-electron chi connectivity index (χ0n) is 18.3. The van der Waals surface area contributed by atoms with Crippen LogP contribution in [0.1, 0.15) is 63.0 Å². The molecule has 0 saturated heterocycles. The molecule has 1 aliphatic carbocycles. The van der Waals surface area contributed by atoms with Gasteiger partial charge in [0.1, 0.15) is 6.61 Å². The molecule has 1 aliphatic rings. The average Bonchev–Trinajstić information content (AvgIpc) is 3.08. The molecule has 2 aromatic carbocycles. The molecule has 0 unspecified atom stereocenters. The number of ether oxygens (including phenoxy) is 1. The van der Waals surface area contributed by atoms with Crippen molar-refractivity contribution in [3.05, 3.63) is 71.8 Å². The largest absolute Gasteiger partial charge is 0.479 e. The Labute approximate surface area is 184 Å². The normalized spacial score (nSPS) is 14.6. The zero-order chi connectivity index (χ0) is 22.3. The minimum Gasteiger partial charge on any atom is -0.479 e. The van der Waals surface area contributed by atoms with E-state index in [0.717, 1.165) is 47.9 Å². The minimum atomic E-state index is -1.51. The Morgan fingerprint density at radius 3 is 2.23 bits per heavy atom. The van der Waals surface area contributed by atoms with Crippen molar-refractivity contribution >= 4 is 12.1 Å². The SMILES string of the molecule is CCCCCCC=C[C@](C)(NC(=O)OCC1c2ccccc2-c2ccccc21)C(=O)O. The number of carboxylic acids is 1. The summed E-state index contributed by atoms with van der Waals surface area (Å²) in [6.45, 7) is 3.77. The molecular formula is C26H31NO4. The third-order valence-electron chi connectivity index (χ3n) is 5.83. The topological polar surface area (TPSA) is 75.6 Å². The van der Waals surface area contributed by atoms with Crippen LogP contribution in [-0.2, 0) is 9.53 Å². The van der Waals surface area contributed by atoms with Crippen molar-refractivity contribution < 1.29 is 19.4 Å². The highest BCUT2D eigenvalue weighted by Crippen LogP contribution is 2.44. The number of benzene rings is 2. The molecule has 0 fully saturated rings. The van der Waals surface area contributed by atoms with Crippen LogP contribution < -0.4 is 5.32 Å². The van der Waals surface area contributed by atoms with Crippen LogP contribution in [0.2, 0.25) is 0 Å². The van der Waals surface area contributed by atoms with E-state index in [1.165, 1.54) is 13.3 Å². The van der Waals surface area contributed by atoms with Gasteiger partial charge in [-0.3, -0.25) is 0 Å².